The minimum absolute atomic E-state index is 0.0160. The van der Waals surface area contributed by atoms with Gasteiger partial charge in [-0.05, 0) is 32.9 Å². The van der Waals surface area contributed by atoms with Crippen LogP contribution in [0.2, 0.25) is 0 Å². The van der Waals surface area contributed by atoms with Crippen molar-refractivity contribution in [1.82, 2.24) is 4.90 Å². The van der Waals surface area contributed by atoms with Crippen LogP contribution < -0.4 is 4.74 Å². The molecule has 0 saturated carbocycles. The molecule has 19 heavy (non-hydrogen) atoms. The second-order valence-electron chi connectivity index (χ2n) is 4.21. The predicted molar refractivity (Wildman–Crippen MR) is 78.2 cm³/mol. The fourth-order valence-electron chi connectivity index (χ4n) is 1.79. The van der Waals surface area contributed by atoms with Gasteiger partial charge in [-0.3, -0.25) is 4.79 Å². The lowest BCUT2D eigenvalue weighted by molar-refractivity contribution is -0.133. The molecule has 0 unspecified atom stereocenters. The number of benzene rings is 1. The van der Waals surface area contributed by atoms with Crippen LogP contribution in [0.3, 0.4) is 0 Å². The van der Waals surface area contributed by atoms with Crippen molar-refractivity contribution in [1.29, 1.82) is 0 Å². The summed E-state index contributed by atoms with van der Waals surface area (Å²) in [6.45, 7) is 6.85. The first-order valence-electron chi connectivity index (χ1n) is 6.37. The Balaban J connectivity index is 2.77. The Hall–Kier alpha value is -1.07. The van der Waals surface area contributed by atoms with E-state index in [4.69, 9.17) is 4.74 Å². The van der Waals surface area contributed by atoms with Crippen molar-refractivity contribution < 1.29 is 14.6 Å². The number of rotatable bonds is 6. The van der Waals surface area contributed by atoms with Crippen LogP contribution in [0, 0.1) is 0 Å². The Labute approximate surface area is 122 Å². The Morgan fingerprint density at radius 3 is 2.58 bits per heavy atom. The molecule has 1 aromatic rings. The van der Waals surface area contributed by atoms with Crippen LogP contribution in [0.25, 0.3) is 0 Å². The van der Waals surface area contributed by atoms with Crippen LogP contribution in [0.1, 0.15) is 32.4 Å². The van der Waals surface area contributed by atoms with Gasteiger partial charge in [-0.25, -0.2) is 0 Å². The van der Waals surface area contributed by atoms with E-state index in [1.165, 1.54) is 0 Å². The summed E-state index contributed by atoms with van der Waals surface area (Å²) in [5, 5.41) is 9.67. The highest BCUT2D eigenvalue weighted by Crippen LogP contribution is 2.28. The summed E-state index contributed by atoms with van der Waals surface area (Å²) in [4.78, 5) is 13.6. The fraction of sp³-hybridized carbons (Fsp3) is 0.500. The molecule has 1 rings (SSSR count). The van der Waals surface area contributed by atoms with E-state index in [1.54, 1.807) is 24.0 Å². The minimum atomic E-state index is -0.633. The summed E-state index contributed by atoms with van der Waals surface area (Å²) in [6, 6.07) is 5.38. The van der Waals surface area contributed by atoms with Gasteiger partial charge in [0.2, 0.25) is 0 Å². The lowest BCUT2D eigenvalue weighted by Gasteiger charge is -2.20. The van der Waals surface area contributed by atoms with Crippen molar-refractivity contribution in [3.63, 3.8) is 0 Å². The number of likely N-dealkylation sites (N-methyl/N-ethyl adjacent to an activating group) is 1. The van der Waals surface area contributed by atoms with Crippen molar-refractivity contribution in [2.24, 2.45) is 0 Å². The van der Waals surface area contributed by atoms with E-state index < -0.39 is 6.10 Å². The van der Waals surface area contributed by atoms with E-state index in [1.807, 2.05) is 19.9 Å². The maximum atomic E-state index is 11.9. The summed E-state index contributed by atoms with van der Waals surface area (Å²) in [5.74, 6) is 0.478. The molecular formula is C14H20BrNO3. The molecule has 106 valence electrons. The molecule has 0 fully saturated rings. The summed E-state index contributed by atoms with van der Waals surface area (Å²) in [6.07, 6.45) is -0.633. The van der Waals surface area contributed by atoms with Gasteiger partial charge in [0.05, 0.1) is 6.10 Å². The maximum absolute atomic E-state index is 11.9. The topological polar surface area (TPSA) is 49.8 Å². The van der Waals surface area contributed by atoms with Gasteiger partial charge in [-0.1, -0.05) is 22.0 Å². The van der Waals surface area contributed by atoms with Crippen LogP contribution in [-0.4, -0.2) is 35.6 Å². The molecule has 1 amide bonds. The van der Waals surface area contributed by atoms with Crippen LogP contribution >= 0.6 is 15.9 Å². The Morgan fingerprint density at radius 1 is 1.42 bits per heavy atom. The molecule has 1 aromatic carbocycles. The molecular weight excluding hydrogens is 310 g/mol. The molecule has 1 atom stereocenters. The van der Waals surface area contributed by atoms with E-state index in [0.29, 0.717) is 24.4 Å². The fourth-order valence-corrected chi connectivity index (χ4v) is 2.13. The SMILES string of the molecule is CCN(CC)C(=O)COc1cc(Br)ccc1[C@H](C)O. The number of hydrogen-bond acceptors (Lipinski definition) is 3. The van der Waals surface area contributed by atoms with Gasteiger partial charge in [0.15, 0.2) is 6.61 Å². The lowest BCUT2D eigenvalue weighted by atomic mass is 10.1. The van der Waals surface area contributed by atoms with Crippen molar-refractivity contribution in [3.05, 3.63) is 28.2 Å². The number of carbonyl (C=O) groups excluding carboxylic acids is 1. The summed E-state index contributed by atoms with van der Waals surface area (Å²) in [5.41, 5.74) is 0.676. The third-order valence-corrected chi connectivity index (χ3v) is 3.39. The van der Waals surface area contributed by atoms with E-state index in [9.17, 15) is 9.90 Å². The molecule has 0 spiro atoms. The van der Waals surface area contributed by atoms with Crippen LogP contribution in [0.5, 0.6) is 5.75 Å². The van der Waals surface area contributed by atoms with E-state index in [0.717, 1.165) is 4.47 Å². The summed E-state index contributed by atoms with van der Waals surface area (Å²) >= 11 is 3.35. The Bertz CT molecular complexity index is 431. The van der Waals surface area contributed by atoms with Crippen LogP contribution in [-0.2, 0) is 4.79 Å². The quantitative estimate of drug-likeness (QED) is 0.873. The molecule has 0 bridgehead atoms. The minimum Gasteiger partial charge on any atom is -0.483 e. The van der Waals surface area contributed by atoms with Crippen LogP contribution in [0.15, 0.2) is 22.7 Å². The largest absolute Gasteiger partial charge is 0.483 e. The molecule has 0 aromatic heterocycles. The first-order valence-corrected chi connectivity index (χ1v) is 7.16. The summed E-state index contributed by atoms with van der Waals surface area (Å²) < 4.78 is 6.39. The smallest absolute Gasteiger partial charge is 0.260 e. The van der Waals surface area contributed by atoms with Gasteiger partial charge in [-0.15, -0.1) is 0 Å². The van der Waals surface area contributed by atoms with Crippen molar-refractivity contribution in [2.45, 2.75) is 26.9 Å². The number of hydrogen-bond donors (Lipinski definition) is 1. The third-order valence-electron chi connectivity index (χ3n) is 2.89. The molecule has 0 aliphatic heterocycles. The predicted octanol–water partition coefficient (Wildman–Crippen LogP) is 2.75. The van der Waals surface area contributed by atoms with Gasteiger partial charge in [0.25, 0.3) is 5.91 Å². The molecule has 0 radical (unpaired) electrons. The first-order chi connectivity index (χ1) is 8.99. The van der Waals surface area contributed by atoms with E-state index in [-0.39, 0.29) is 12.5 Å². The zero-order valence-electron chi connectivity index (χ0n) is 11.5. The molecule has 5 heteroatoms. The standard InChI is InChI=1S/C14H20BrNO3/c1-4-16(5-2)14(18)9-19-13-8-11(15)6-7-12(13)10(3)17/h6-8,10,17H,4-5,9H2,1-3H3/t10-/m0/s1. The zero-order valence-corrected chi connectivity index (χ0v) is 13.1. The monoisotopic (exact) mass is 329 g/mol. The second kappa shape index (κ2) is 7.50. The van der Waals surface area contributed by atoms with Gasteiger partial charge in [0.1, 0.15) is 5.75 Å². The molecule has 1 N–H and O–H groups in total. The zero-order chi connectivity index (χ0) is 14.4. The van der Waals surface area contributed by atoms with E-state index in [2.05, 4.69) is 15.9 Å². The third kappa shape index (κ3) is 4.51. The number of aliphatic hydroxyl groups is 1. The Kier molecular flexibility index (Phi) is 6.31. The number of carbonyl (C=O) groups is 1. The average molecular weight is 330 g/mol. The number of ether oxygens (including phenoxy) is 1. The number of aliphatic hydroxyl groups excluding tert-OH is 1. The first kappa shape index (κ1) is 16.0. The number of halogens is 1. The van der Waals surface area contributed by atoms with Gasteiger partial charge >= 0.3 is 0 Å². The molecule has 0 aliphatic carbocycles. The normalized spacial score (nSPS) is 12.1. The molecule has 4 nitrogen and oxygen atoms in total. The van der Waals surface area contributed by atoms with Crippen molar-refractivity contribution >= 4 is 21.8 Å². The highest BCUT2D eigenvalue weighted by molar-refractivity contribution is 9.10. The van der Waals surface area contributed by atoms with Crippen LogP contribution in [0.4, 0.5) is 0 Å². The number of nitrogens with zero attached hydrogens (tertiary/aromatic N) is 1. The maximum Gasteiger partial charge on any atom is 0.260 e. The van der Waals surface area contributed by atoms with Crippen molar-refractivity contribution in [2.75, 3.05) is 19.7 Å². The average Bonchev–Trinajstić information content (AvgIpc) is 2.37. The van der Waals surface area contributed by atoms with E-state index >= 15 is 0 Å². The Morgan fingerprint density at radius 2 is 2.05 bits per heavy atom. The highest BCUT2D eigenvalue weighted by atomic mass is 79.9. The lowest BCUT2D eigenvalue weighted by Crippen LogP contribution is -2.34. The van der Waals surface area contributed by atoms with Gasteiger partial charge in [-0.2, -0.15) is 0 Å². The molecule has 0 saturated heterocycles. The molecule has 0 aliphatic rings. The van der Waals surface area contributed by atoms with Crippen molar-refractivity contribution in [3.8, 4) is 5.75 Å². The van der Waals surface area contributed by atoms with Gasteiger partial charge in [0, 0.05) is 23.1 Å². The summed E-state index contributed by atoms with van der Waals surface area (Å²) in [7, 11) is 0. The van der Waals surface area contributed by atoms with Gasteiger partial charge < -0.3 is 14.7 Å². The number of amides is 1. The highest BCUT2D eigenvalue weighted by Gasteiger charge is 2.14. The second-order valence-corrected chi connectivity index (χ2v) is 5.13. The molecule has 0 heterocycles.